The summed E-state index contributed by atoms with van der Waals surface area (Å²) in [6.07, 6.45) is 0.499. The Hall–Kier alpha value is -3.78. The van der Waals surface area contributed by atoms with Crippen LogP contribution >= 0.6 is 0 Å². The highest BCUT2D eigenvalue weighted by Crippen LogP contribution is 2.48. The summed E-state index contributed by atoms with van der Waals surface area (Å²) in [6, 6.07) is 7.30. The number of anilines is 1. The zero-order chi connectivity index (χ0) is 29.8. The molecular weight excluding hydrogens is 528 g/mol. The standard InChI is InChI=1S/C33H35F2NO5/c1-17-14-20(34)9-10-21(17)31(37)36-12-11-23-26(36)15-18(2)27(30(32(38)39)41-33(4,5)6)28(23)24-16-25(35)29-22(19(24)3)8-7-13-40-29/h9-10,14-16,30H,7-8,11-13H2,1-6H3,(H,38,39)/t30-/m0/s1. The number of aryl methyl sites for hydroxylation is 2. The third kappa shape index (κ3) is 5.21. The lowest BCUT2D eigenvalue weighted by Crippen LogP contribution is -2.30. The van der Waals surface area contributed by atoms with E-state index in [1.807, 2.05) is 13.0 Å². The van der Waals surface area contributed by atoms with Crippen molar-refractivity contribution in [2.75, 3.05) is 18.1 Å². The summed E-state index contributed by atoms with van der Waals surface area (Å²) in [5.74, 6) is -2.11. The van der Waals surface area contributed by atoms with Crippen molar-refractivity contribution in [3.63, 3.8) is 0 Å². The number of carbonyl (C=O) groups excluding carboxylic acids is 1. The molecule has 1 N–H and O–H groups in total. The Balaban J connectivity index is 1.78. The second-order valence-electron chi connectivity index (χ2n) is 11.9. The molecule has 1 atom stereocenters. The number of carbonyl (C=O) groups is 2. The number of benzene rings is 3. The topological polar surface area (TPSA) is 76.1 Å². The molecule has 41 heavy (non-hydrogen) atoms. The second kappa shape index (κ2) is 10.6. The fourth-order valence-electron chi connectivity index (χ4n) is 6.07. The van der Waals surface area contributed by atoms with Gasteiger partial charge in [-0.3, -0.25) is 4.79 Å². The van der Waals surface area contributed by atoms with E-state index in [-0.39, 0.29) is 11.7 Å². The predicted octanol–water partition coefficient (Wildman–Crippen LogP) is 7.03. The molecule has 0 saturated carbocycles. The monoisotopic (exact) mass is 563 g/mol. The van der Waals surface area contributed by atoms with Crippen LogP contribution in [0, 0.1) is 32.4 Å². The largest absolute Gasteiger partial charge is 0.490 e. The summed E-state index contributed by atoms with van der Waals surface area (Å²) in [7, 11) is 0. The lowest BCUT2D eigenvalue weighted by atomic mass is 9.83. The first-order valence-electron chi connectivity index (χ1n) is 13.9. The van der Waals surface area contributed by atoms with E-state index < -0.39 is 29.3 Å². The summed E-state index contributed by atoms with van der Waals surface area (Å²) < 4.78 is 41.1. The Morgan fingerprint density at radius 3 is 2.41 bits per heavy atom. The summed E-state index contributed by atoms with van der Waals surface area (Å²) in [5, 5.41) is 10.4. The van der Waals surface area contributed by atoms with Gasteiger partial charge in [0.1, 0.15) is 5.82 Å². The van der Waals surface area contributed by atoms with E-state index >= 15 is 4.39 Å². The third-order valence-corrected chi connectivity index (χ3v) is 7.86. The number of carboxylic acid groups (broad SMARTS) is 1. The fraction of sp³-hybridized carbons (Fsp3) is 0.394. The Bertz CT molecular complexity index is 1570. The molecular formula is C33H35F2NO5. The van der Waals surface area contributed by atoms with Gasteiger partial charge in [0, 0.05) is 28.9 Å². The van der Waals surface area contributed by atoms with Gasteiger partial charge in [0.15, 0.2) is 17.7 Å². The number of amides is 1. The zero-order valence-corrected chi connectivity index (χ0v) is 24.3. The van der Waals surface area contributed by atoms with Crippen LogP contribution in [0.1, 0.15) is 77.0 Å². The average molecular weight is 564 g/mol. The van der Waals surface area contributed by atoms with Gasteiger partial charge in [0.05, 0.1) is 12.2 Å². The number of hydrogen-bond donors (Lipinski definition) is 1. The van der Waals surface area contributed by atoms with Crippen molar-refractivity contribution >= 4 is 17.6 Å². The normalized spacial score (nSPS) is 15.3. The maximum atomic E-state index is 15.5. The van der Waals surface area contributed by atoms with Crippen LogP contribution in [0.25, 0.3) is 11.1 Å². The van der Waals surface area contributed by atoms with Crippen molar-refractivity contribution in [2.45, 2.75) is 72.5 Å². The number of nitrogens with zero attached hydrogens (tertiary/aromatic N) is 1. The maximum Gasteiger partial charge on any atom is 0.337 e. The van der Waals surface area contributed by atoms with Crippen LogP contribution in [0.15, 0.2) is 30.3 Å². The quantitative estimate of drug-likeness (QED) is 0.361. The zero-order valence-electron chi connectivity index (χ0n) is 24.3. The van der Waals surface area contributed by atoms with Gasteiger partial charge < -0.3 is 19.5 Å². The molecule has 2 aliphatic rings. The first kappa shape index (κ1) is 28.7. The number of fused-ring (bicyclic) bond motifs is 2. The SMILES string of the molecule is Cc1cc(F)ccc1C(=O)N1CCc2c1cc(C)c([C@H](OC(C)(C)C)C(=O)O)c2-c1cc(F)c2c(c1C)CCCO2. The maximum absolute atomic E-state index is 15.5. The van der Waals surface area contributed by atoms with Crippen molar-refractivity contribution in [1.29, 1.82) is 0 Å². The molecule has 0 spiro atoms. The molecule has 3 aromatic carbocycles. The van der Waals surface area contributed by atoms with Crippen LogP contribution in [0.3, 0.4) is 0 Å². The van der Waals surface area contributed by atoms with Gasteiger partial charge in [0.2, 0.25) is 0 Å². The minimum absolute atomic E-state index is 0.243. The van der Waals surface area contributed by atoms with E-state index in [4.69, 9.17) is 9.47 Å². The van der Waals surface area contributed by atoms with Crippen molar-refractivity contribution in [2.24, 2.45) is 0 Å². The van der Waals surface area contributed by atoms with Gasteiger partial charge in [0.25, 0.3) is 5.91 Å². The minimum atomic E-state index is -1.32. The number of ether oxygens (including phenoxy) is 2. The molecule has 2 aliphatic heterocycles. The number of rotatable bonds is 5. The van der Waals surface area contributed by atoms with Gasteiger partial charge in [-0.05, 0) is 125 Å². The van der Waals surface area contributed by atoms with Crippen LogP contribution < -0.4 is 9.64 Å². The molecule has 8 heteroatoms. The molecule has 5 rings (SSSR count). The van der Waals surface area contributed by atoms with E-state index in [0.29, 0.717) is 65.1 Å². The first-order chi connectivity index (χ1) is 19.3. The molecule has 2 heterocycles. The van der Waals surface area contributed by atoms with Crippen molar-refractivity contribution in [1.82, 2.24) is 0 Å². The minimum Gasteiger partial charge on any atom is -0.490 e. The molecule has 0 saturated heterocycles. The first-order valence-corrected chi connectivity index (χ1v) is 13.9. The number of carboxylic acids is 1. The van der Waals surface area contributed by atoms with E-state index in [9.17, 15) is 19.1 Å². The number of hydrogen-bond acceptors (Lipinski definition) is 4. The van der Waals surface area contributed by atoms with Gasteiger partial charge >= 0.3 is 5.97 Å². The van der Waals surface area contributed by atoms with Gasteiger partial charge in [-0.15, -0.1) is 0 Å². The Labute approximate surface area is 238 Å². The van der Waals surface area contributed by atoms with E-state index in [1.54, 1.807) is 39.5 Å². The van der Waals surface area contributed by atoms with E-state index in [2.05, 4.69) is 0 Å². The lowest BCUT2D eigenvalue weighted by molar-refractivity contribution is -0.160. The fourth-order valence-corrected chi connectivity index (χ4v) is 6.07. The Morgan fingerprint density at radius 2 is 1.76 bits per heavy atom. The van der Waals surface area contributed by atoms with Crippen molar-refractivity contribution < 1.29 is 33.0 Å². The summed E-state index contributed by atoms with van der Waals surface area (Å²) >= 11 is 0. The van der Waals surface area contributed by atoms with Crippen molar-refractivity contribution in [3.8, 4) is 16.9 Å². The molecule has 216 valence electrons. The van der Waals surface area contributed by atoms with E-state index in [0.717, 1.165) is 23.1 Å². The Kier molecular flexibility index (Phi) is 7.40. The highest BCUT2D eigenvalue weighted by Gasteiger charge is 2.37. The number of halogens is 2. The van der Waals surface area contributed by atoms with Crippen molar-refractivity contribution in [3.05, 3.63) is 80.9 Å². The molecule has 3 aromatic rings. The predicted molar refractivity (Wildman–Crippen MR) is 153 cm³/mol. The molecule has 6 nitrogen and oxygen atoms in total. The molecule has 0 aliphatic carbocycles. The second-order valence-corrected chi connectivity index (χ2v) is 11.9. The van der Waals surface area contributed by atoms with Crippen LogP contribution in [0.2, 0.25) is 0 Å². The van der Waals surface area contributed by atoms with Gasteiger partial charge in [-0.1, -0.05) is 0 Å². The Morgan fingerprint density at radius 1 is 1.02 bits per heavy atom. The van der Waals surface area contributed by atoms with Gasteiger partial charge in [-0.2, -0.15) is 0 Å². The molecule has 0 unspecified atom stereocenters. The molecule has 1 amide bonds. The highest BCUT2D eigenvalue weighted by molar-refractivity contribution is 6.09. The lowest BCUT2D eigenvalue weighted by Gasteiger charge is -2.30. The third-order valence-electron chi connectivity index (χ3n) is 7.86. The molecule has 0 radical (unpaired) electrons. The summed E-state index contributed by atoms with van der Waals surface area (Å²) in [6.45, 7) is 11.5. The van der Waals surface area contributed by atoms with Crippen LogP contribution in [0.4, 0.5) is 14.5 Å². The molecule has 0 bridgehead atoms. The highest BCUT2D eigenvalue weighted by atomic mass is 19.1. The van der Waals surface area contributed by atoms with E-state index in [1.165, 1.54) is 24.3 Å². The summed E-state index contributed by atoms with van der Waals surface area (Å²) in [5.41, 5.74) is 5.29. The molecule has 0 aromatic heterocycles. The molecule has 0 fully saturated rings. The summed E-state index contributed by atoms with van der Waals surface area (Å²) in [4.78, 5) is 28.1. The van der Waals surface area contributed by atoms with Crippen LogP contribution in [-0.4, -0.2) is 35.7 Å². The number of aliphatic carboxylic acids is 1. The van der Waals surface area contributed by atoms with Gasteiger partial charge in [-0.25, -0.2) is 13.6 Å². The smallest absolute Gasteiger partial charge is 0.337 e. The van der Waals surface area contributed by atoms with Crippen LogP contribution in [0.5, 0.6) is 5.75 Å². The van der Waals surface area contributed by atoms with Crippen LogP contribution in [-0.2, 0) is 22.4 Å². The average Bonchev–Trinajstić information content (AvgIpc) is 3.31.